The van der Waals surface area contributed by atoms with Crippen molar-refractivity contribution in [1.29, 1.82) is 0 Å². The number of ether oxygens (including phenoxy) is 1. The first kappa shape index (κ1) is 26.8. The molecule has 4 heterocycles. The second-order valence-electron chi connectivity index (χ2n) is 12.4. The molecule has 0 bridgehead atoms. The molecule has 2 aliphatic rings. The fraction of sp³-hybridized carbons (Fsp3) is 0.344. The molecule has 41 heavy (non-hydrogen) atoms. The van der Waals surface area contributed by atoms with E-state index in [4.69, 9.17) is 9.57 Å². The molecule has 2 aliphatic heterocycles. The lowest BCUT2D eigenvalue weighted by atomic mass is 9.79. The summed E-state index contributed by atoms with van der Waals surface area (Å²) in [5.74, 6) is -0.0411. The molecule has 9 heteroatoms. The molecule has 6 rings (SSSR count). The molecule has 2 N–H and O–H groups in total. The number of rotatable bonds is 5. The number of aromatic amines is 1. The summed E-state index contributed by atoms with van der Waals surface area (Å²) in [5.41, 5.74) is 6.51. The summed E-state index contributed by atoms with van der Waals surface area (Å²) in [6.07, 6.45) is 2.99. The van der Waals surface area contributed by atoms with Gasteiger partial charge in [0.05, 0.1) is 18.7 Å². The van der Waals surface area contributed by atoms with Crippen molar-refractivity contribution in [3.05, 3.63) is 88.7 Å². The summed E-state index contributed by atoms with van der Waals surface area (Å²) in [6, 6.07) is 16.0. The second kappa shape index (κ2) is 9.92. The number of pyridine rings is 1. The number of carbonyl (C=O) groups is 2. The average molecular weight is 554 g/mol. The zero-order valence-corrected chi connectivity index (χ0v) is 24.1. The van der Waals surface area contributed by atoms with E-state index >= 15 is 0 Å². The van der Waals surface area contributed by atoms with Crippen molar-refractivity contribution in [3.8, 4) is 0 Å². The molecule has 2 aromatic heterocycles. The van der Waals surface area contributed by atoms with Crippen LogP contribution in [0.1, 0.15) is 67.2 Å². The Morgan fingerprint density at radius 2 is 1.93 bits per heavy atom. The third-order valence-corrected chi connectivity index (χ3v) is 7.59. The van der Waals surface area contributed by atoms with Gasteiger partial charge in [0.15, 0.2) is 0 Å². The van der Waals surface area contributed by atoms with Crippen molar-refractivity contribution in [1.82, 2.24) is 15.0 Å². The zero-order chi connectivity index (χ0) is 28.9. The summed E-state index contributed by atoms with van der Waals surface area (Å²) < 4.78 is 5.36. The van der Waals surface area contributed by atoms with Crippen molar-refractivity contribution in [3.63, 3.8) is 0 Å². The predicted octanol–water partition coefficient (Wildman–Crippen LogP) is 6.30. The van der Waals surface area contributed by atoms with Crippen molar-refractivity contribution in [2.75, 3.05) is 16.8 Å². The van der Waals surface area contributed by atoms with Gasteiger partial charge in [0.1, 0.15) is 11.2 Å². The molecule has 0 atom stereocenters. The average Bonchev–Trinajstić information content (AvgIpc) is 3.46. The van der Waals surface area contributed by atoms with E-state index < -0.39 is 11.8 Å². The minimum atomic E-state index is -0.720. The first-order valence-corrected chi connectivity index (χ1v) is 13.9. The number of nitrogens with one attached hydrogen (secondary N) is 2. The van der Waals surface area contributed by atoms with Gasteiger partial charge in [-0.2, -0.15) is 0 Å². The summed E-state index contributed by atoms with van der Waals surface area (Å²) in [7, 11) is 0. The standard InChI is InChI=1S/C32H35N5O4/c1-31(2,3)40-30(39)41-36-17-21-14-23(11-12-25(21)32(4,5)19-36)37-18-20-8-6-10-26(27(20)29(37)38)34-15-22-16-35-28-24(22)9-7-13-33-28/h6-14,16,34H,15,17-19H2,1-5H3,(H,33,35). The van der Waals surface area contributed by atoms with Crippen molar-refractivity contribution < 1.29 is 19.2 Å². The van der Waals surface area contributed by atoms with Gasteiger partial charge in [-0.15, -0.1) is 5.06 Å². The highest BCUT2D eigenvalue weighted by molar-refractivity contribution is 6.13. The number of H-pyrrole nitrogens is 1. The van der Waals surface area contributed by atoms with E-state index in [9.17, 15) is 9.59 Å². The van der Waals surface area contributed by atoms with Crippen LogP contribution in [0.15, 0.2) is 60.9 Å². The quantitative estimate of drug-likeness (QED) is 0.280. The Morgan fingerprint density at radius 1 is 1.10 bits per heavy atom. The van der Waals surface area contributed by atoms with Gasteiger partial charge in [-0.3, -0.25) is 4.79 Å². The van der Waals surface area contributed by atoms with Crippen LogP contribution in [0.5, 0.6) is 0 Å². The molecule has 9 nitrogen and oxygen atoms in total. The van der Waals surface area contributed by atoms with Gasteiger partial charge < -0.3 is 24.8 Å². The van der Waals surface area contributed by atoms with Gasteiger partial charge in [-0.1, -0.05) is 32.0 Å². The van der Waals surface area contributed by atoms with Gasteiger partial charge in [0.2, 0.25) is 0 Å². The topological polar surface area (TPSA) is 99.8 Å². The molecule has 0 aliphatic carbocycles. The number of hydrogen-bond acceptors (Lipinski definition) is 7. The smallest absolute Gasteiger partial charge is 0.427 e. The van der Waals surface area contributed by atoms with E-state index in [1.54, 1.807) is 11.3 Å². The fourth-order valence-electron chi connectivity index (χ4n) is 5.82. The van der Waals surface area contributed by atoms with Crippen LogP contribution in [-0.2, 0) is 34.6 Å². The van der Waals surface area contributed by atoms with Gasteiger partial charge in [-0.05, 0) is 73.4 Å². The number of benzene rings is 2. The highest BCUT2D eigenvalue weighted by Crippen LogP contribution is 2.38. The number of hydrogen-bond donors (Lipinski definition) is 2. The molecule has 0 saturated carbocycles. The van der Waals surface area contributed by atoms with E-state index in [1.165, 1.54) is 5.56 Å². The molecule has 1 amide bonds. The molecule has 2 aromatic carbocycles. The number of fused-ring (bicyclic) bond motifs is 3. The van der Waals surface area contributed by atoms with E-state index in [-0.39, 0.29) is 11.3 Å². The van der Waals surface area contributed by atoms with Gasteiger partial charge in [0.25, 0.3) is 5.91 Å². The van der Waals surface area contributed by atoms with Crippen LogP contribution in [0, 0.1) is 0 Å². The number of carbonyl (C=O) groups excluding carboxylic acids is 2. The number of anilines is 2. The highest BCUT2D eigenvalue weighted by atomic mass is 16.8. The lowest BCUT2D eigenvalue weighted by molar-refractivity contribution is -0.160. The van der Waals surface area contributed by atoms with Crippen molar-refractivity contribution in [2.45, 2.75) is 65.3 Å². The van der Waals surface area contributed by atoms with Gasteiger partial charge in [-0.25, -0.2) is 9.78 Å². The maximum Gasteiger partial charge on any atom is 0.528 e. The summed E-state index contributed by atoms with van der Waals surface area (Å²) in [4.78, 5) is 41.1. The van der Waals surface area contributed by atoms with Crippen LogP contribution in [-0.4, -0.2) is 39.2 Å². The Labute approximate surface area is 239 Å². The van der Waals surface area contributed by atoms with Crippen molar-refractivity contribution in [2.24, 2.45) is 0 Å². The van der Waals surface area contributed by atoms with Gasteiger partial charge >= 0.3 is 6.16 Å². The molecular weight excluding hydrogens is 518 g/mol. The zero-order valence-electron chi connectivity index (χ0n) is 24.1. The van der Waals surface area contributed by atoms with Crippen LogP contribution in [0.25, 0.3) is 11.0 Å². The largest absolute Gasteiger partial charge is 0.528 e. The monoisotopic (exact) mass is 553 g/mol. The molecule has 0 unspecified atom stereocenters. The van der Waals surface area contributed by atoms with Crippen LogP contribution >= 0.6 is 0 Å². The number of amides is 1. The Hall–Kier alpha value is -4.37. The normalized spacial score (nSPS) is 16.4. The fourth-order valence-corrected chi connectivity index (χ4v) is 5.82. The van der Waals surface area contributed by atoms with Crippen LogP contribution in [0.4, 0.5) is 16.2 Å². The predicted molar refractivity (Wildman–Crippen MR) is 158 cm³/mol. The SMILES string of the molecule is CC(C)(C)OC(=O)ON1Cc2cc(N3Cc4cccc(NCc5c[nH]c6ncccc56)c4C3=O)ccc2C(C)(C)C1. The summed E-state index contributed by atoms with van der Waals surface area (Å²) in [6.45, 7) is 11.7. The molecule has 0 radical (unpaired) electrons. The molecule has 0 saturated heterocycles. The summed E-state index contributed by atoms with van der Waals surface area (Å²) >= 11 is 0. The third kappa shape index (κ3) is 5.25. The Bertz CT molecular complexity index is 1650. The van der Waals surface area contributed by atoms with E-state index in [0.717, 1.165) is 39.1 Å². The lowest BCUT2D eigenvalue weighted by Gasteiger charge is -2.39. The maximum absolute atomic E-state index is 13.8. The molecule has 0 fully saturated rings. The Kier molecular flexibility index (Phi) is 6.49. The van der Waals surface area contributed by atoms with Crippen LogP contribution < -0.4 is 10.2 Å². The summed E-state index contributed by atoms with van der Waals surface area (Å²) in [5, 5.41) is 6.18. The minimum Gasteiger partial charge on any atom is -0.427 e. The van der Waals surface area contributed by atoms with Crippen LogP contribution in [0.3, 0.4) is 0 Å². The molecule has 0 spiro atoms. The van der Waals surface area contributed by atoms with E-state index in [1.807, 2.05) is 74.3 Å². The Balaban J connectivity index is 1.22. The maximum atomic E-state index is 13.8. The lowest BCUT2D eigenvalue weighted by Crippen LogP contribution is -2.43. The third-order valence-electron chi connectivity index (χ3n) is 7.59. The number of nitrogens with zero attached hydrogens (tertiary/aromatic N) is 3. The second-order valence-corrected chi connectivity index (χ2v) is 12.4. The molecule has 212 valence electrons. The van der Waals surface area contributed by atoms with E-state index in [2.05, 4.69) is 35.2 Å². The number of aromatic nitrogens is 2. The Morgan fingerprint density at radius 3 is 2.73 bits per heavy atom. The number of hydroxylamine groups is 2. The van der Waals surface area contributed by atoms with E-state index in [0.29, 0.717) is 31.7 Å². The molecule has 4 aromatic rings. The first-order valence-electron chi connectivity index (χ1n) is 13.9. The van der Waals surface area contributed by atoms with Gasteiger partial charge in [0, 0.05) is 47.7 Å². The van der Waals surface area contributed by atoms with Crippen molar-refractivity contribution >= 4 is 34.5 Å². The minimum absolute atomic E-state index is 0.0411. The first-order chi connectivity index (χ1) is 19.5. The van der Waals surface area contributed by atoms with Crippen LogP contribution in [0.2, 0.25) is 0 Å². The highest BCUT2D eigenvalue weighted by Gasteiger charge is 2.36. The molecular formula is C32H35N5O4.